The molecule has 1 nitrogen and oxygen atoms in total. The summed E-state index contributed by atoms with van der Waals surface area (Å²) in [6.45, 7) is 5.96. The molecule has 1 fully saturated rings. The zero-order valence-electron chi connectivity index (χ0n) is 13.4. The monoisotopic (exact) mass is 349 g/mol. The lowest BCUT2D eigenvalue weighted by molar-refractivity contribution is 0.215. The van der Waals surface area contributed by atoms with Crippen LogP contribution in [-0.4, -0.2) is 6.54 Å². The largest absolute Gasteiger partial charge is 0.309 e. The predicted molar refractivity (Wildman–Crippen MR) is 93.6 cm³/mol. The number of fused-ring (bicyclic) bond motifs is 1. The van der Waals surface area contributed by atoms with E-state index in [-0.39, 0.29) is 0 Å². The average molecular weight is 350 g/mol. The molecule has 0 amide bonds. The summed E-state index contributed by atoms with van der Waals surface area (Å²) >= 11 is 3.71. The van der Waals surface area contributed by atoms with Gasteiger partial charge in [-0.3, -0.25) is 0 Å². The molecule has 0 radical (unpaired) electrons. The van der Waals surface area contributed by atoms with Crippen LogP contribution in [0.25, 0.3) is 0 Å². The second-order valence-electron chi connectivity index (χ2n) is 7.58. The number of halogens is 1. The minimum Gasteiger partial charge on any atom is -0.309 e. The van der Waals surface area contributed by atoms with Crippen molar-refractivity contribution in [2.24, 2.45) is 11.3 Å². The van der Waals surface area contributed by atoms with Crippen LogP contribution in [0.3, 0.4) is 0 Å². The average Bonchev–Trinajstić information content (AvgIpc) is 3.04. The first-order chi connectivity index (χ1) is 10.1. The molecule has 2 aliphatic carbocycles. The van der Waals surface area contributed by atoms with Gasteiger partial charge in [0.05, 0.1) is 0 Å². The van der Waals surface area contributed by atoms with Crippen LogP contribution in [0.2, 0.25) is 0 Å². The van der Waals surface area contributed by atoms with E-state index < -0.39 is 0 Å². The number of rotatable bonds is 5. The van der Waals surface area contributed by atoms with Crippen molar-refractivity contribution in [3.8, 4) is 0 Å². The minimum absolute atomic E-state index is 0.571. The van der Waals surface area contributed by atoms with Crippen molar-refractivity contribution in [2.75, 3.05) is 6.54 Å². The van der Waals surface area contributed by atoms with Crippen LogP contribution in [0.5, 0.6) is 0 Å². The summed E-state index contributed by atoms with van der Waals surface area (Å²) in [4.78, 5) is 0. The molecule has 21 heavy (non-hydrogen) atoms. The third kappa shape index (κ3) is 3.37. The Morgan fingerprint density at radius 3 is 2.76 bits per heavy atom. The molecule has 0 aliphatic heterocycles. The molecular weight excluding hydrogens is 322 g/mol. The van der Waals surface area contributed by atoms with Crippen molar-refractivity contribution in [2.45, 2.75) is 64.8 Å². The summed E-state index contributed by atoms with van der Waals surface area (Å²) in [5.41, 5.74) is 3.63. The number of hydrogen-bond acceptors (Lipinski definition) is 1. The van der Waals surface area contributed by atoms with Gasteiger partial charge in [0.25, 0.3) is 0 Å². The van der Waals surface area contributed by atoms with E-state index in [1.54, 1.807) is 0 Å². The topological polar surface area (TPSA) is 12.0 Å². The summed E-state index contributed by atoms with van der Waals surface area (Å²) in [7, 11) is 0. The highest BCUT2D eigenvalue weighted by Crippen LogP contribution is 2.44. The SMILES string of the molecule is CC(C)CC1(CNC2CCc3c(Br)cccc32)CCCC1. The second kappa shape index (κ2) is 6.42. The van der Waals surface area contributed by atoms with Crippen molar-refractivity contribution in [3.05, 3.63) is 33.8 Å². The van der Waals surface area contributed by atoms with Crippen molar-refractivity contribution >= 4 is 15.9 Å². The molecule has 0 bridgehead atoms. The third-order valence-corrected chi connectivity index (χ3v) is 6.19. The van der Waals surface area contributed by atoms with Crippen molar-refractivity contribution in [1.82, 2.24) is 5.32 Å². The first-order valence-corrected chi connectivity index (χ1v) is 9.40. The Kier molecular flexibility index (Phi) is 4.75. The zero-order chi connectivity index (χ0) is 14.9. The van der Waals surface area contributed by atoms with Gasteiger partial charge < -0.3 is 5.32 Å². The fourth-order valence-corrected chi connectivity index (χ4v) is 5.19. The fourth-order valence-electron chi connectivity index (χ4n) is 4.61. The molecule has 1 atom stereocenters. The van der Waals surface area contributed by atoms with Crippen LogP contribution in [0, 0.1) is 11.3 Å². The quantitative estimate of drug-likeness (QED) is 0.725. The van der Waals surface area contributed by atoms with Gasteiger partial charge in [0.15, 0.2) is 0 Å². The Morgan fingerprint density at radius 2 is 2.05 bits per heavy atom. The maximum Gasteiger partial charge on any atom is 0.0326 e. The smallest absolute Gasteiger partial charge is 0.0326 e. The highest BCUT2D eigenvalue weighted by molar-refractivity contribution is 9.10. The standard InChI is InChI=1S/C19H28BrN/c1-14(2)12-19(10-3-4-11-19)13-21-18-9-8-15-16(18)6-5-7-17(15)20/h5-7,14,18,21H,3-4,8-13H2,1-2H3. The van der Waals surface area contributed by atoms with Crippen molar-refractivity contribution in [1.29, 1.82) is 0 Å². The molecule has 1 N–H and O–H groups in total. The van der Waals surface area contributed by atoms with Crippen LogP contribution < -0.4 is 5.32 Å². The molecule has 1 saturated carbocycles. The molecule has 0 heterocycles. The summed E-state index contributed by atoms with van der Waals surface area (Å²) in [6.07, 6.45) is 9.58. The summed E-state index contributed by atoms with van der Waals surface area (Å²) < 4.78 is 1.29. The van der Waals surface area contributed by atoms with Crippen molar-refractivity contribution in [3.63, 3.8) is 0 Å². The van der Waals surface area contributed by atoms with Gasteiger partial charge in [-0.15, -0.1) is 0 Å². The Bertz CT molecular complexity index is 488. The maximum atomic E-state index is 3.93. The molecule has 116 valence electrons. The maximum absolute atomic E-state index is 3.93. The van der Waals surface area contributed by atoms with Gasteiger partial charge in [-0.05, 0) is 60.6 Å². The summed E-state index contributed by atoms with van der Waals surface area (Å²) in [5, 5.41) is 3.93. The Labute approximate surface area is 138 Å². The van der Waals surface area contributed by atoms with E-state index in [1.165, 1.54) is 67.1 Å². The van der Waals surface area contributed by atoms with Crippen LogP contribution in [-0.2, 0) is 6.42 Å². The lowest BCUT2D eigenvalue weighted by atomic mass is 9.78. The molecule has 1 aromatic carbocycles. The first kappa shape index (κ1) is 15.6. The zero-order valence-corrected chi connectivity index (χ0v) is 15.0. The molecule has 1 aromatic rings. The van der Waals surface area contributed by atoms with E-state index in [1.807, 2.05) is 0 Å². The number of benzene rings is 1. The summed E-state index contributed by atoms with van der Waals surface area (Å²) in [5.74, 6) is 0.815. The first-order valence-electron chi connectivity index (χ1n) is 8.60. The molecule has 3 rings (SSSR count). The van der Waals surface area contributed by atoms with E-state index in [9.17, 15) is 0 Å². The molecular formula is C19H28BrN. The van der Waals surface area contributed by atoms with Crippen molar-refractivity contribution < 1.29 is 0 Å². The van der Waals surface area contributed by atoms with E-state index in [0.29, 0.717) is 11.5 Å². The van der Waals surface area contributed by atoms with Gasteiger partial charge >= 0.3 is 0 Å². The van der Waals surface area contributed by atoms with Gasteiger partial charge in [0, 0.05) is 17.1 Å². The lowest BCUT2D eigenvalue weighted by Crippen LogP contribution is -2.35. The number of nitrogens with one attached hydrogen (secondary N) is 1. The Morgan fingerprint density at radius 1 is 1.29 bits per heavy atom. The van der Waals surface area contributed by atoms with Gasteiger partial charge in [-0.1, -0.05) is 54.8 Å². The molecule has 2 aliphatic rings. The Balaban J connectivity index is 1.67. The lowest BCUT2D eigenvalue weighted by Gasteiger charge is -2.33. The van der Waals surface area contributed by atoms with Crippen LogP contribution >= 0.6 is 15.9 Å². The fraction of sp³-hybridized carbons (Fsp3) is 0.684. The minimum atomic E-state index is 0.571. The van der Waals surface area contributed by atoms with Crippen LogP contribution in [0.15, 0.2) is 22.7 Å². The van der Waals surface area contributed by atoms with Gasteiger partial charge in [-0.2, -0.15) is 0 Å². The predicted octanol–water partition coefficient (Wildman–Crippen LogP) is 5.63. The number of hydrogen-bond donors (Lipinski definition) is 1. The third-order valence-electron chi connectivity index (χ3n) is 5.44. The molecule has 0 saturated heterocycles. The Hall–Kier alpha value is -0.340. The van der Waals surface area contributed by atoms with Gasteiger partial charge in [0.1, 0.15) is 0 Å². The van der Waals surface area contributed by atoms with E-state index in [0.717, 1.165) is 5.92 Å². The second-order valence-corrected chi connectivity index (χ2v) is 8.44. The van der Waals surface area contributed by atoms with E-state index in [2.05, 4.69) is 53.3 Å². The van der Waals surface area contributed by atoms with Gasteiger partial charge in [0.2, 0.25) is 0 Å². The molecule has 1 unspecified atom stereocenters. The summed E-state index contributed by atoms with van der Waals surface area (Å²) in [6, 6.07) is 7.25. The van der Waals surface area contributed by atoms with E-state index in [4.69, 9.17) is 0 Å². The van der Waals surface area contributed by atoms with Crippen LogP contribution in [0.4, 0.5) is 0 Å². The molecule has 2 heteroatoms. The normalized spacial score (nSPS) is 23.7. The van der Waals surface area contributed by atoms with E-state index >= 15 is 0 Å². The van der Waals surface area contributed by atoms with Crippen LogP contribution in [0.1, 0.15) is 69.5 Å². The molecule has 0 spiro atoms. The highest BCUT2D eigenvalue weighted by atomic mass is 79.9. The highest BCUT2D eigenvalue weighted by Gasteiger charge is 2.35. The van der Waals surface area contributed by atoms with Gasteiger partial charge in [-0.25, -0.2) is 0 Å². The molecule has 0 aromatic heterocycles.